The summed E-state index contributed by atoms with van der Waals surface area (Å²) in [7, 11) is 2.17. The van der Waals surface area contributed by atoms with Crippen LogP contribution < -0.4 is 0 Å². The van der Waals surface area contributed by atoms with E-state index in [-0.39, 0.29) is 0 Å². The third-order valence-corrected chi connectivity index (χ3v) is 9.93. The topological polar surface area (TPSA) is 9.86 Å². The molecule has 0 bridgehead atoms. The Labute approximate surface area is 280 Å². The zero-order valence-corrected chi connectivity index (χ0v) is 26.9. The number of hydrogen-bond acceptors (Lipinski definition) is 0. The van der Waals surface area contributed by atoms with Crippen LogP contribution >= 0.6 is 0 Å². The van der Waals surface area contributed by atoms with Crippen molar-refractivity contribution in [1.29, 1.82) is 0 Å². The molecule has 0 atom stereocenters. The Balaban J connectivity index is 1.24. The van der Waals surface area contributed by atoms with Crippen molar-refractivity contribution in [2.24, 2.45) is 7.05 Å². The maximum absolute atomic E-state index is 4.03. The van der Waals surface area contributed by atoms with Gasteiger partial charge in [0, 0.05) is 57.2 Å². The molecule has 0 radical (unpaired) electrons. The van der Waals surface area contributed by atoms with Gasteiger partial charge in [0.2, 0.25) is 0 Å². The standard InChI is InChI=1S/C46H34N2/c1-3-31-14-11-15-33(24-31)36-25-37(27-38(26-36)35-20-22-41-39-16-7-9-18-43(39)47(2)46(41)29-35)34-21-23-45-42(28-34)40-17-8-10-19-44(40)48(45)30-32-12-5-4-6-13-32/h3-29H,1,30H2,2H3. The zero-order chi connectivity index (χ0) is 32.2. The molecular weight excluding hydrogens is 581 g/mol. The SMILES string of the molecule is C=Cc1cccc(-c2cc(-c3ccc4c(c3)c3ccccc3n4Cc3ccccc3)cc(-c3ccc4c5ccccc5n(C)c4c3)c2)c1. The predicted octanol–water partition coefficient (Wildman–Crippen LogP) is 12.1. The molecule has 7 aromatic carbocycles. The first-order valence-electron chi connectivity index (χ1n) is 16.6. The van der Waals surface area contributed by atoms with E-state index in [1.807, 2.05) is 6.08 Å². The number of fused-ring (bicyclic) bond motifs is 6. The summed E-state index contributed by atoms with van der Waals surface area (Å²) >= 11 is 0. The average molecular weight is 615 g/mol. The van der Waals surface area contributed by atoms with Crippen LogP contribution in [0, 0.1) is 0 Å². The molecule has 0 fully saturated rings. The second-order valence-corrected chi connectivity index (χ2v) is 12.8. The summed E-state index contributed by atoms with van der Waals surface area (Å²) in [6, 6.07) is 57.7. The highest BCUT2D eigenvalue weighted by Gasteiger charge is 2.15. The van der Waals surface area contributed by atoms with Crippen LogP contribution in [-0.2, 0) is 13.6 Å². The van der Waals surface area contributed by atoms with Gasteiger partial charge in [-0.15, -0.1) is 0 Å². The number of rotatable bonds is 6. The van der Waals surface area contributed by atoms with E-state index in [2.05, 4.69) is 180 Å². The highest BCUT2D eigenvalue weighted by Crippen LogP contribution is 2.38. The molecule has 0 saturated heterocycles. The van der Waals surface area contributed by atoms with Gasteiger partial charge >= 0.3 is 0 Å². The van der Waals surface area contributed by atoms with Crippen molar-refractivity contribution in [1.82, 2.24) is 9.13 Å². The maximum Gasteiger partial charge on any atom is 0.0494 e. The van der Waals surface area contributed by atoms with Gasteiger partial charge in [-0.25, -0.2) is 0 Å². The van der Waals surface area contributed by atoms with Gasteiger partial charge in [0.1, 0.15) is 0 Å². The van der Waals surface area contributed by atoms with E-state index in [4.69, 9.17) is 0 Å². The third kappa shape index (κ3) is 4.65. The summed E-state index contributed by atoms with van der Waals surface area (Å²) in [5.74, 6) is 0. The molecule has 0 saturated carbocycles. The second-order valence-electron chi connectivity index (χ2n) is 12.8. The number of nitrogens with zero attached hydrogens (tertiary/aromatic N) is 2. The van der Waals surface area contributed by atoms with Crippen LogP contribution in [0.4, 0.5) is 0 Å². The van der Waals surface area contributed by atoms with Gasteiger partial charge in [-0.3, -0.25) is 0 Å². The van der Waals surface area contributed by atoms with Gasteiger partial charge in [0.15, 0.2) is 0 Å². The van der Waals surface area contributed by atoms with E-state index in [0.717, 1.165) is 12.1 Å². The molecule has 0 N–H and O–H groups in total. The van der Waals surface area contributed by atoms with E-state index in [0.29, 0.717) is 0 Å². The summed E-state index contributed by atoms with van der Waals surface area (Å²) in [6.45, 7) is 4.86. The summed E-state index contributed by atoms with van der Waals surface area (Å²) in [6.07, 6.45) is 1.92. The fourth-order valence-corrected chi connectivity index (χ4v) is 7.48. The van der Waals surface area contributed by atoms with E-state index in [1.54, 1.807) is 0 Å². The molecule has 0 aliphatic rings. The van der Waals surface area contributed by atoms with Crippen molar-refractivity contribution >= 4 is 49.7 Å². The number of hydrogen-bond donors (Lipinski definition) is 0. The Morgan fingerprint density at radius 3 is 1.77 bits per heavy atom. The first kappa shape index (κ1) is 28.1. The van der Waals surface area contributed by atoms with Crippen molar-refractivity contribution in [3.05, 3.63) is 175 Å². The predicted molar refractivity (Wildman–Crippen MR) is 205 cm³/mol. The molecule has 228 valence electrons. The molecule has 2 aromatic heterocycles. The lowest BCUT2D eigenvalue weighted by atomic mass is 9.92. The van der Waals surface area contributed by atoms with Crippen LogP contribution in [0.15, 0.2) is 164 Å². The van der Waals surface area contributed by atoms with Crippen LogP contribution in [0.25, 0.3) is 83.1 Å². The third-order valence-electron chi connectivity index (χ3n) is 9.93. The Hall–Kier alpha value is -6.12. The lowest BCUT2D eigenvalue weighted by Crippen LogP contribution is -1.98. The number of aryl methyl sites for hydroxylation is 1. The Morgan fingerprint density at radius 1 is 0.438 bits per heavy atom. The van der Waals surface area contributed by atoms with Crippen LogP contribution in [-0.4, -0.2) is 9.13 Å². The monoisotopic (exact) mass is 614 g/mol. The van der Waals surface area contributed by atoms with Crippen molar-refractivity contribution in [3.63, 3.8) is 0 Å². The minimum absolute atomic E-state index is 0.833. The maximum atomic E-state index is 4.03. The Kier molecular flexibility index (Phi) is 6.62. The van der Waals surface area contributed by atoms with Crippen molar-refractivity contribution in [2.45, 2.75) is 6.54 Å². The summed E-state index contributed by atoms with van der Waals surface area (Å²) < 4.78 is 4.76. The number of benzene rings is 7. The summed E-state index contributed by atoms with van der Waals surface area (Å²) in [5.41, 5.74) is 14.6. The van der Waals surface area contributed by atoms with Crippen molar-refractivity contribution in [2.75, 3.05) is 0 Å². The normalized spacial score (nSPS) is 11.6. The Morgan fingerprint density at radius 2 is 1.02 bits per heavy atom. The van der Waals surface area contributed by atoms with Gasteiger partial charge in [-0.2, -0.15) is 0 Å². The van der Waals surface area contributed by atoms with Crippen LogP contribution in [0.1, 0.15) is 11.1 Å². The minimum Gasteiger partial charge on any atom is -0.344 e. The van der Waals surface area contributed by atoms with Crippen LogP contribution in [0.3, 0.4) is 0 Å². The Bertz CT molecular complexity index is 2670. The molecule has 0 unspecified atom stereocenters. The largest absolute Gasteiger partial charge is 0.344 e. The van der Waals surface area contributed by atoms with Gasteiger partial charge < -0.3 is 9.13 Å². The molecule has 2 heteroatoms. The molecule has 9 rings (SSSR count). The van der Waals surface area contributed by atoms with Crippen molar-refractivity contribution in [3.8, 4) is 33.4 Å². The molecule has 2 nitrogen and oxygen atoms in total. The van der Waals surface area contributed by atoms with Crippen LogP contribution in [0.5, 0.6) is 0 Å². The smallest absolute Gasteiger partial charge is 0.0494 e. The highest BCUT2D eigenvalue weighted by molar-refractivity contribution is 6.10. The first-order valence-corrected chi connectivity index (χ1v) is 16.6. The quantitative estimate of drug-likeness (QED) is 0.176. The van der Waals surface area contributed by atoms with E-state index in [1.165, 1.54) is 82.6 Å². The summed E-state index contributed by atoms with van der Waals surface area (Å²) in [4.78, 5) is 0. The number of aromatic nitrogens is 2. The molecule has 9 aromatic rings. The number of para-hydroxylation sites is 2. The zero-order valence-electron chi connectivity index (χ0n) is 26.9. The molecule has 0 aliphatic carbocycles. The van der Waals surface area contributed by atoms with Gasteiger partial charge in [0.05, 0.1) is 0 Å². The molecule has 0 spiro atoms. The van der Waals surface area contributed by atoms with Gasteiger partial charge in [-0.05, 0) is 99.1 Å². The second kappa shape index (κ2) is 11.3. The first-order chi connectivity index (χ1) is 23.6. The van der Waals surface area contributed by atoms with Gasteiger partial charge in [0.25, 0.3) is 0 Å². The van der Waals surface area contributed by atoms with E-state index < -0.39 is 0 Å². The fraction of sp³-hybridized carbons (Fsp3) is 0.0435. The van der Waals surface area contributed by atoms with Gasteiger partial charge in [-0.1, -0.05) is 116 Å². The molecule has 0 aliphatic heterocycles. The average Bonchev–Trinajstić information content (AvgIpc) is 3.62. The highest BCUT2D eigenvalue weighted by atomic mass is 15.0. The van der Waals surface area contributed by atoms with Crippen LogP contribution in [0.2, 0.25) is 0 Å². The fourth-order valence-electron chi connectivity index (χ4n) is 7.48. The van der Waals surface area contributed by atoms with E-state index >= 15 is 0 Å². The lowest BCUT2D eigenvalue weighted by molar-refractivity contribution is 0.869. The minimum atomic E-state index is 0.833. The van der Waals surface area contributed by atoms with Crippen molar-refractivity contribution < 1.29 is 0 Å². The molecule has 2 heterocycles. The molecule has 0 amide bonds. The van der Waals surface area contributed by atoms with E-state index in [9.17, 15) is 0 Å². The molecular formula is C46H34N2. The summed E-state index contributed by atoms with van der Waals surface area (Å²) in [5, 5.41) is 5.12. The molecule has 48 heavy (non-hydrogen) atoms. The lowest BCUT2D eigenvalue weighted by Gasteiger charge is -2.13.